The first-order valence-electron chi connectivity index (χ1n) is 8.06. The maximum atomic E-state index is 5.98. The van der Waals surface area contributed by atoms with Crippen LogP contribution in [0.25, 0.3) is 0 Å². The van der Waals surface area contributed by atoms with E-state index in [1.54, 1.807) is 7.11 Å². The molecule has 0 saturated carbocycles. The van der Waals surface area contributed by atoms with Crippen LogP contribution in [0.1, 0.15) is 24.1 Å². The van der Waals surface area contributed by atoms with Gasteiger partial charge >= 0.3 is 0 Å². The highest BCUT2D eigenvalue weighted by atomic mass is 16.5. The summed E-state index contributed by atoms with van der Waals surface area (Å²) in [6.45, 7) is 3.65. The maximum absolute atomic E-state index is 5.98. The molecule has 1 fully saturated rings. The van der Waals surface area contributed by atoms with Gasteiger partial charge < -0.3 is 9.47 Å². The van der Waals surface area contributed by atoms with E-state index in [0.29, 0.717) is 18.6 Å². The number of rotatable bonds is 6. The molecule has 0 aromatic carbocycles. The van der Waals surface area contributed by atoms with Crippen molar-refractivity contribution in [2.45, 2.75) is 32.1 Å². The van der Waals surface area contributed by atoms with Gasteiger partial charge in [-0.2, -0.15) is 0 Å². The van der Waals surface area contributed by atoms with Crippen molar-refractivity contribution in [1.82, 2.24) is 14.9 Å². The summed E-state index contributed by atoms with van der Waals surface area (Å²) >= 11 is 0. The van der Waals surface area contributed by atoms with Crippen LogP contribution in [-0.2, 0) is 17.9 Å². The number of nitrogens with zero attached hydrogens (tertiary/aromatic N) is 3. The molecule has 3 heterocycles. The number of aromatic nitrogens is 2. The molecule has 5 nitrogen and oxygen atoms in total. The Morgan fingerprint density at radius 2 is 2.00 bits per heavy atom. The third-order valence-electron chi connectivity index (χ3n) is 4.14. The third kappa shape index (κ3) is 4.74. The van der Waals surface area contributed by atoms with Gasteiger partial charge in [0.05, 0.1) is 25.5 Å². The Morgan fingerprint density at radius 1 is 1.13 bits per heavy atom. The van der Waals surface area contributed by atoms with Crippen molar-refractivity contribution in [3.8, 4) is 5.88 Å². The first-order chi connectivity index (χ1) is 11.3. The molecule has 5 heteroatoms. The number of methoxy groups -OCH3 is 1. The highest BCUT2D eigenvalue weighted by Crippen LogP contribution is 2.17. The number of ether oxygens (including phenoxy) is 2. The summed E-state index contributed by atoms with van der Waals surface area (Å²) in [4.78, 5) is 11.0. The molecule has 0 unspecified atom stereocenters. The van der Waals surface area contributed by atoms with Crippen LogP contribution in [-0.4, -0.2) is 41.2 Å². The van der Waals surface area contributed by atoms with Crippen LogP contribution < -0.4 is 4.74 Å². The van der Waals surface area contributed by atoms with E-state index in [1.165, 1.54) is 5.56 Å². The Kier molecular flexibility index (Phi) is 5.56. The lowest BCUT2D eigenvalue weighted by Gasteiger charge is -2.31. The van der Waals surface area contributed by atoms with E-state index in [9.17, 15) is 0 Å². The Bertz CT molecular complexity index is 581. The quantitative estimate of drug-likeness (QED) is 0.820. The van der Waals surface area contributed by atoms with E-state index in [2.05, 4.69) is 20.9 Å². The monoisotopic (exact) mass is 313 g/mol. The fourth-order valence-corrected chi connectivity index (χ4v) is 2.80. The zero-order valence-electron chi connectivity index (χ0n) is 13.5. The van der Waals surface area contributed by atoms with E-state index in [-0.39, 0.29) is 0 Å². The second-order valence-electron chi connectivity index (χ2n) is 5.82. The molecule has 0 atom stereocenters. The third-order valence-corrected chi connectivity index (χ3v) is 4.14. The minimum absolute atomic E-state index is 0.335. The van der Waals surface area contributed by atoms with Crippen molar-refractivity contribution in [3.05, 3.63) is 54.0 Å². The van der Waals surface area contributed by atoms with Crippen molar-refractivity contribution < 1.29 is 9.47 Å². The van der Waals surface area contributed by atoms with E-state index < -0.39 is 0 Å². The maximum Gasteiger partial charge on any atom is 0.212 e. The van der Waals surface area contributed by atoms with Crippen molar-refractivity contribution in [3.63, 3.8) is 0 Å². The van der Waals surface area contributed by atoms with Gasteiger partial charge in [0, 0.05) is 38.1 Å². The molecule has 0 aliphatic carbocycles. The largest absolute Gasteiger partial charge is 0.481 e. The van der Waals surface area contributed by atoms with Gasteiger partial charge in [0.25, 0.3) is 0 Å². The summed E-state index contributed by atoms with van der Waals surface area (Å²) in [6.07, 6.45) is 6.17. The van der Waals surface area contributed by atoms with E-state index >= 15 is 0 Å². The van der Waals surface area contributed by atoms with Crippen molar-refractivity contribution in [1.29, 1.82) is 0 Å². The van der Waals surface area contributed by atoms with Gasteiger partial charge in [-0.05, 0) is 30.5 Å². The molecular formula is C18H23N3O2. The number of hydrogen-bond donors (Lipinski definition) is 0. The molecule has 1 aliphatic rings. The van der Waals surface area contributed by atoms with E-state index in [1.807, 2.05) is 36.7 Å². The van der Waals surface area contributed by atoms with E-state index in [4.69, 9.17) is 9.47 Å². The van der Waals surface area contributed by atoms with Gasteiger partial charge in [-0.3, -0.25) is 9.88 Å². The predicted octanol–water partition coefficient (Wildman–Crippen LogP) is 2.67. The summed E-state index contributed by atoms with van der Waals surface area (Å²) in [5, 5.41) is 0. The van der Waals surface area contributed by atoms with Crippen LogP contribution in [0, 0.1) is 0 Å². The highest BCUT2D eigenvalue weighted by Gasteiger charge is 2.20. The first-order valence-corrected chi connectivity index (χ1v) is 8.06. The number of hydrogen-bond acceptors (Lipinski definition) is 5. The van der Waals surface area contributed by atoms with Crippen LogP contribution in [0.5, 0.6) is 5.88 Å². The van der Waals surface area contributed by atoms with Crippen LogP contribution >= 0.6 is 0 Å². The number of piperidine rings is 1. The summed E-state index contributed by atoms with van der Waals surface area (Å²) in [5.74, 6) is 0.662. The average molecular weight is 313 g/mol. The fraction of sp³-hybridized carbons (Fsp3) is 0.444. The summed E-state index contributed by atoms with van der Waals surface area (Å²) in [7, 11) is 1.64. The molecule has 0 amide bonds. The lowest BCUT2D eigenvalue weighted by Crippen LogP contribution is -2.36. The SMILES string of the molecule is COc1ccc(CN2CCC(OCc3ccccn3)CC2)cn1. The Labute approximate surface area is 137 Å². The molecule has 2 aromatic rings. The van der Waals surface area contributed by atoms with Crippen LogP contribution in [0.2, 0.25) is 0 Å². The lowest BCUT2D eigenvalue weighted by molar-refractivity contribution is -0.00524. The van der Waals surface area contributed by atoms with Gasteiger partial charge in [0.2, 0.25) is 5.88 Å². The predicted molar refractivity (Wildman–Crippen MR) is 88.1 cm³/mol. The normalized spacial score (nSPS) is 16.4. The molecule has 1 saturated heterocycles. The fourth-order valence-electron chi connectivity index (χ4n) is 2.80. The molecule has 2 aromatic heterocycles. The van der Waals surface area contributed by atoms with Crippen LogP contribution in [0.15, 0.2) is 42.7 Å². The smallest absolute Gasteiger partial charge is 0.212 e. The van der Waals surface area contributed by atoms with Gasteiger partial charge in [-0.15, -0.1) is 0 Å². The number of pyridine rings is 2. The highest BCUT2D eigenvalue weighted by molar-refractivity contribution is 5.17. The van der Waals surface area contributed by atoms with Gasteiger partial charge in [-0.25, -0.2) is 4.98 Å². The molecule has 0 N–H and O–H groups in total. The minimum Gasteiger partial charge on any atom is -0.481 e. The zero-order valence-corrected chi connectivity index (χ0v) is 13.5. The molecule has 122 valence electrons. The molecule has 1 aliphatic heterocycles. The van der Waals surface area contributed by atoms with Crippen molar-refractivity contribution >= 4 is 0 Å². The van der Waals surface area contributed by atoms with Gasteiger partial charge in [0.1, 0.15) is 0 Å². The van der Waals surface area contributed by atoms with E-state index in [0.717, 1.165) is 38.2 Å². The second-order valence-corrected chi connectivity index (χ2v) is 5.82. The Morgan fingerprint density at radius 3 is 2.65 bits per heavy atom. The second kappa shape index (κ2) is 8.04. The summed E-state index contributed by atoms with van der Waals surface area (Å²) in [5.41, 5.74) is 2.22. The number of likely N-dealkylation sites (tertiary alicyclic amines) is 1. The summed E-state index contributed by atoms with van der Waals surface area (Å²) in [6, 6.07) is 9.92. The molecule has 23 heavy (non-hydrogen) atoms. The first kappa shape index (κ1) is 15.9. The van der Waals surface area contributed by atoms with Crippen LogP contribution in [0.3, 0.4) is 0 Å². The average Bonchev–Trinajstić information content (AvgIpc) is 2.63. The Hall–Kier alpha value is -1.98. The zero-order chi connectivity index (χ0) is 15.9. The minimum atomic E-state index is 0.335. The Balaban J connectivity index is 1.41. The molecule has 0 radical (unpaired) electrons. The topological polar surface area (TPSA) is 47.5 Å². The lowest BCUT2D eigenvalue weighted by atomic mass is 10.1. The molecule has 3 rings (SSSR count). The van der Waals surface area contributed by atoms with Crippen molar-refractivity contribution in [2.24, 2.45) is 0 Å². The summed E-state index contributed by atoms with van der Waals surface area (Å²) < 4.78 is 11.1. The van der Waals surface area contributed by atoms with Gasteiger partial charge in [-0.1, -0.05) is 12.1 Å². The standard InChI is InChI=1S/C18H23N3O2/c1-22-18-6-5-15(12-20-18)13-21-10-7-17(8-11-21)23-14-16-4-2-3-9-19-16/h2-6,9,12,17H,7-8,10-11,13-14H2,1H3. The molecular weight excluding hydrogens is 290 g/mol. The van der Waals surface area contributed by atoms with Crippen molar-refractivity contribution in [2.75, 3.05) is 20.2 Å². The molecule has 0 spiro atoms. The van der Waals surface area contributed by atoms with Crippen LogP contribution in [0.4, 0.5) is 0 Å². The van der Waals surface area contributed by atoms with Gasteiger partial charge in [0.15, 0.2) is 0 Å². The molecule has 0 bridgehead atoms.